The lowest BCUT2D eigenvalue weighted by atomic mass is 10.1. The highest BCUT2D eigenvalue weighted by molar-refractivity contribution is 6.33. The minimum atomic E-state index is -1.85. The number of ether oxygens (including phenoxy) is 1. The summed E-state index contributed by atoms with van der Waals surface area (Å²) in [6, 6.07) is 4.93. The van der Waals surface area contributed by atoms with Gasteiger partial charge in [0, 0.05) is 6.07 Å². The Kier molecular flexibility index (Phi) is 4.20. The van der Waals surface area contributed by atoms with Crippen LogP contribution in [0.3, 0.4) is 0 Å². The number of carbonyl (C=O) groups is 1. The van der Waals surface area contributed by atoms with Crippen LogP contribution in [0.1, 0.15) is 6.92 Å². The van der Waals surface area contributed by atoms with Gasteiger partial charge in [-0.2, -0.15) is 0 Å². The van der Waals surface area contributed by atoms with Crippen molar-refractivity contribution < 1.29 is 19.7 Å². The van der Waals surface area contributed by atoms with Crippen molar-refractivity contribution in [3.63, 3.8) is 0 Å². The molecule has 0 aliphatic rings. The molecule has 94 valence electrons. The van der Waals surface area contributed by atoms with Gasteiger partial charge in [0.25, 0.3) is 0 Å². The Labute approximate surface area is 104 Å². The summed E-state index contributed by atoms with van der Waals surface area (Å²) < 4.78 is 5.01. The van der Waals surface area contributed by atoms with E-state index in [1.807, 2.05) is 0 Å². The standard InChI is InChI=1S/C11H14ClNO4/c1-11(16,10(14)15)6-13-9-5-7(17-2)3-4-8(9)12/h3-5,13,16H,6H2,1-2H3,(H,14,15). The third kappa shape index (κ3) is 3.51. The van der Waals surface area contributed by atoms with E-state index in [9.17, 15) is 9.90 Å². The molecule has 0 saturated carbocycles. The number of anilines is 1. The van der Waals surface area contributed by atoms with Gasteiger partial charge in [0.05, 0.1) is 24.4 Å². The molecule has 5 nitrogen and oxygen atoms in total. The Morgan fingerprint density at radius 3 is 2.76 bits per heavy atom. The number of aliphatic carboxylic acids is 1. The maximum Gasteiger partial charge on any atom is 0.337 e. The molecular weight excluding hydrogens is 246 g/mol. The zero-order valence-corrected chi connectivity index (χ0v) is 10.3. The van der Waals surface area contributed by atoms with Crippen molar-refractivity contribution in [3.8, 4) is 5.75 Å². The van der Waals surface area contributed by atoms with Crippen LogP contribution in [0.25, 0.3) is 0 Å². The molecule has 17 heavy (non-hydrogen) atoms. The van der Waals surface area contributed by atoms with Crippen LogP contribution in [0.4, 0.5) is 5.69 Å². The lowest BCUT2D eigenvalue weighted by Crippen LogP contribution is -2.41. The molecule has 0 aromatic heterocycles. The average molecular weight is 260 g/mol. The molecule has 0 heterocycles. The second-order valence-electron chi connectivity index (χ2n) is 3.78. The number of hydrogen-bond donors (Lipinski definition) is 3. The van der Waals surface area contributed by atoms with E-state index in [-0.39, 0.29) is 6.54 Å². The third-order valence-corrected chi connectivity index (χ3v) is 2.59. The van der Waals surface area contributed by atoms with Crippen molar-refractivity contribution in [3.05, 3.63) is 23.2 Å². The van der Waals surface area contributed by atoms with Crippen LogP contribution in [0.15, 0.2) is 18.2 Å². The second kappa shape index (κ2) is 5.25. The Morgan fingerprint density at radius 1 is 1.59 bits per heavy atom. The van der Waals surface area contributed by atoms with Crippen LogP contribution < -0.4 is 10.1 Å². The summed E-state index contributed by atoms with van der Waals surface area (Å²) in [6.45, 7) is 1.05. The first kappa shape index (κ1) is 13.6. The number of carboxylic acids is 1. The summed E-state index contributed by atoms with van der Waals surface area (Å²) in [5.74, 6) is -0.712. The quantitative estimate of drug-likeness (QED) is 0.749. The van der Waals surface area contributed by atoms with Gasteiger partial charge in [0.1, 0.15) is 5.75 Å². The van der Waals surface area contributed by atoms with Crippen LogP contribution in [-0.4, -0.2) is 35.4 Å². The van der Waals surface area contributed by atoms with E-state index in [0.29, 0.717) is 16.5 Å². The minimum Gasteiger partial charge on any atom is -0.497 e. The van der Waals surface area contributed by atoms with E-state index in [2.05, 4.69) is 5.32 Å². The Morgan fingerprint density at radius 2 is 2.24 bits per heavy atom. The second-order valence-corrected chi connectivity index (χ2v) is 4.19. The van der Waals surface area contributed by atoms with Crippen LogP contribution in [0, 0.1) is 0 Å². The highest BCUT2D eigenvalue weighted by atomic mass is 35.5. The van der Waals surface area contributed by atoms with Crippen molar-refractivity contribution in [2.45, 2.75) is 12.5 Å². The molecule has 6 heteroatoms. The van der Waals surface area contributed by atoms with Crippen LogP contribution >= 0.6 is 11.6 Å². The first-order chi connectivity index (χ1) is 7.86. The van der Waals surface area contributed by atoms with E-state index in [1.165, 1.54) is 14.0 Å². The van der Waals surface area contributed by atoms with Gasteiger partial charge in [-0.1, -0.05) is 11.6 Å². The SMILES string of the molecule is COc1ccc(Cl)c(NCC(C)(O)C(=O)O)c1. The topological polar surface area (TPSA) is 78.8 Å². The smallest absolute Gasteiger partial charge is 0.337 e. The minimum absolute atomic E-state index is 0.158. The van der Waals surface area contributed by atoms with Gasteiger partial charge >= 0.3 is 5.97 Å². The molecule has 0 fully saturated rings. The summed E-state index contributed by atoms with van der Waals surface area (Å²) in [7, 11) is 1.51. The number of halogens is 1. The third-order valence-electron chi connectivity index (χ3n) is 2.26. The molecule has 3 N–H and O–H groups in total. The summed E-state index contributed by atoms with van der Waals surface area (Å²) in [6.07, 6.45) is 0. The van der Waals surface area contributed by atoms with E-state index >= 15 is 0 Å². The van der Waals surface area contributed by atoms with Crippen molar-refractivity contribution >= 4 is 23.3 Å². The number of aliphatic hydroxyl groups is 1. The zero-order chi connectivity index (χ0) is 13.1. The monoisotopic (exact) mass is 259 g/mol. The lowest BCUT2D eigenvalue weighted by Gasteiger charge is -2.19. The van der Waals surface area contributed by atoms with Crippen molar-refractivity contribution in [2.75, 3.05) is 19.0 Å². The molecule has 1 atom stereocenters. The predicted octanol–water partition coefficient (Wildman–Crippen LogP) is 1.60. The first-order valence-electron chi connectivity index (χ1n) is 4.90. The maximum atomic E-state index is 10.7. The van der Waals surface area contributed by atoms with Crippen LogP contribution in [0.2, 0.25) is 5.02 Å². The van der Waals surface area contributed by atoms with Gasteiger partial charge in [0.15, 0.2) is 5.60 Å². The molecule has 0 aliphatic heterocycles. The Balaban J connectivity index is 2.78. The fraction of sp³-hybridized carbons (Fsp3) is 0.364. The molecular formula is C11H14ClNO4. The number of carboxylic acid groups (broad SMARTS) is 1. The number of hydrogen-bond acceptors (Lipinski definition) is 4. The van der Waals surface area contributed by atoms with Gasteiger partial charge in [-0.3, -0.25) is 0 Å². The van der Waals surface area contributed by atoms with Crippen molar-refractivity contribution in [2.24, 2.45) is 0 Å². The van der Waals surface area contributed by atoms with Crippen LogP contribution in [0.5, 0.6) is 5.75 Å². The fourth-order valence-electron chi connectivity index (χ4n) is 1.11. The summed E-state index contributed by atoms with van der Waals surface area (Å²) in [5, 5.41) is 21.5. The molecule has 0 saturated heterocycles. The lowest BCUT2D eigenvalue weighted by molar-refractivity contribution is -0.155. The van der Waals surface area contributed by atoms with Crippen molar-refractivity contribution in [1.82, 2.24) is 0 Å². The highest BCUT2D eigenvalue weighted by Crippen LogP contribution is 2.27. The predicted molar refractivity (Wildman–Crippen MR) is 64.8 cm³/mol. The summed E-state index contributed by atoms with van der Waals surface area (Å²) in [4.78, 5) is 10.7. The molecule has 0 amide bonds. The normalized spacial score (nSPS) is 13.9. The van der Waals surface area contributed by atoms with Crippen molar-refractivity contribution in [1.29, 1.82) is 0 Å². The molecule has 1 aromatic carbocycles. The van der Waals surface area contributed by atoms with Gasteiger partial charge < -0.3 is 20.3 Å². The molecule has 0 bridgehead atoms. The van der Waals surface area contributed by atoms with Gasteiger partial charge in [0.2, 0.25) is 0 Å². The van der Waals surface area contributed by atoms with Crippen LogP contribution in [-0.2, 0) is 4.79 Å². The van der Waals surface area contributed by atoms with E-state index in [0.717, 1.165) is 0 Å². The number of methoxy groups -OCH3 is 1. The molecule has 1 unspecified atom stereocenters. The zero-order valence-electron chi connectivity index (χ0n) is 9.53. The molecule has 1 aromatic rings. The van der Waals surface area contributed by atoms with Gasteiger partial charge in [-0.25, -0.2) is 4.79 Å². The number of nitrogens with one attached hydrogen (secondary N) is 1. The summed E-state index contributed by atoms with van der Waals surface area (Å²) in [5.41, 5.74) is -1.35. The van der Waals surface area contributed by atoms with Gasteiger partial charge in [-0.15, -0.1) is 0 Å². The van der Waals surface area contributed by atoms with E-state index < -0.39 is 11.6 Å². The number of rotatable bonds is 5. The Hall–Kier alpha value is -1.46. The Bertz CT molecular complexity index is 420. The van der Waals surface area contributed by atoms with E-state index in [1.54, 1.807) is 18.2 Å². The van der Waals surface area contributed by atoms with E-state index in [4.69, 9.17) is 21.4 Å². The maximum absolute atomic E-state index is 10.7. The first-order valence-corrected chi connectivity index (χ1v) is 5.28. The van der Waals surface area contributed by atoms with Gasteiger partial charge in [-0.05, 0) is 19.1 Å². The fourth-order valence-corrected chi connectivity index (χ4v) is 1.29. The molecule has 1 rings (SSSR count). The molecule has 0 spiro atoms. The average Bonchev–Trinajstić information content (AvgIpc) is 2.28. The summed E-state index contributed by atoms with van der Waals surface area (Å²) >= 11 is 5.91. The highest BCUT2D eigenvalue weighted by Gasteiger charge is 2.29. The number of benzene rings is 1. The molecule has 0 radical (unpaired) electrons. The molecule has 0 aliphatic carbocycles. The largest absolute Gasteiger partial charge is 0.497 e.